The van der Waals surface area contributed by atoms with E-state index in [0.29, 0.717) is 0 Å². The Kier molecular flexibility index (Phi) is 5.48. The molecule has 0 fully saturated rings. The normalized spacial score (nSPS) is 12.1. The van der Waals surface area contributed by atoms with E-state index >= 15 is 0 Å². The second-order valence-electron chi connectivity index (χ2n) is 4.57. The Balaban J connectivity index is 2.76. The molecule has 0 heterocycles. The van der Waals surface area contributed by atoms with Gasteiger partial charge in [0.05, 0.1) is 6.10 Å². The Labute approximate surface area is 112 Å². The van der Waals surface area contributed by atoms with Crippen molar-refractivity contribution in [2.24, 2.45) is 0 Å². The Morgan fingerprint density at radius 3 is 2.32 bits per heavy atom. The highest BCUT2D eigenvalue weighted by Crippen LogP contribution is 2.08. The SMILES string of the molecule is CC(=O)NC(Cc1ccc(F)cc1)C(=O)OC(C)C. The molecular formula is C14H18FNO3. The zero-order valence-electron chi connectivity index (χ0n) is 11.3. The summed E-state index contributed by atoms with van der Waals surface area (Å²) in [7, 11) is 0. The molecule has 1 rings (SSSR count). The number of benzene rings is 1. The molecule has 0 saturated heterocycles. The van der Waals surface area contributed by atoms with E-state index < -0.39 is 12.0 Å². The average molecular weight is 267 g/mol. The molecule has 0 saturated carbocycles. The first kappa shape index (κ1) is 15.1. The zero-order valence-corrected chi connectivity index (χ0v) is 11.3. The van der Waals surface area contributed by atoms with Gasteiger partial charge >= 0.3 is 5.97 Å². The van der Waals surface area contributed by atoms with Gasteiger partial charge in [0, 0.05) is 13.3 Å². The van der Waals surface area contributed by atoms with Gasteiger partial charge in [-0.25, -0.2) is 9.18 Å². The Bertz CT molecular complexity index is 443. The summed E-state index contributed by atoms with van der Waals surface area (Å²) in [5.74, 6) is -1.15. The van der Waals surface area contributed by atoms with Crippen molar-refractivity contribution in [1.82, 2.24) is 5.32 Å². The molecule has 0 aliphatic carbocycles. The standard InChI is InChI=1S/C14H18FNO3/c1-9(2)19-14(18)13(16-10(3)17)8-11-4-6-12(15)7-5-11/h4-7,9,13H,8H2,1-3H3,(H,16,17). The number of carbonyl (C=O) groups is 2. The number of amides is 1. The number of hydrogen-bond donors (Lipinski definition) is 1. The van der Waals surface area contributed by atoms with Crippen molar-refractivity contribution in [3.8, 4) is 0 Å². The van der Waals surface area contributed by atoms with E-state index in [1.165, 1.54) is 19.1 Å². The maximum Gasteiger partial charge on any atom is 0.329 e. The zero-order chi connectivity index (χ0) is 14.4. The van der Waals surface area contributed by atoms with Crippen molar-refractivity contribution in [3.63, 3.8) is 0 Å². The maximum absolute atomic E-state index is 12.8. The largest absolute Gasteiger partial charge is 0.461 e. The van der Waals surface area contributed by atoms with Crippen LogP contribution in [0.25, 0.3) is 0 Å². The first-order chi connectivity index (χ1) is 8.88. The Morgan fingerprint density at radius 2 is 1.84 bits per heavy atom. The van der Waals surface area contributed by atoms with Gasteiger partial charge in [-0.1, -0.05) is 12.1 Å². The monoisotopic (exact) mass is 267 g/mol. The number of hydrogen-bond acceptors (Lipinski definition) is 3. The summed E-state index contributed by atoms with van der Waals surface area (Å²) in [6.07, 6.45) is 0.0165. The maximum atomic E-state index is 12.8. The molecule has 5 heteroatoms. The van der Waals surface area contributed by atoms with Crippen LogP contribution in [0.4, 0.5) is 4.39 Å². The van der Waals surface area contributed by atoms with Crippen molar-refractivity contribution < 1.29 is 18.7 Å². The smallest absolute Gasteiger partial charge is 0.329 e. The first-order valence-corrected chi connectivity index (χ1v) is 6.10. The lowest BCUT2D eigenvalue weighted by atomic mass is 10.1. The van der Waals surface area contributed by atoms with Crippen LogP contribution in [0.3, 0.4) is 0 Å². The lowest BCUT2D eigenvalue weighted by Crippen LogP contribution is -2.43. The van der Waals surface area contributed by atoms with Crippen LogP contribution in [0.5, 0.6) is 0 Å². The fourth-order valence-electron chi connectivity index (χ4n) is 1.61. The molecule has 0 aliphatic rings. The van der Waals surface area contributed by atoms with Crippen molar-refractivity contribution in [1.29, 1.82) is 0 Å². The molecule has 1 N–H and O–H groups in total. The van der Waals surface area contributed by atoms with Gasteiger partial charge in [0.1, 0.15) is 11.9 Å². The number of esters is 1. The van der Waals surface area contributed by atoms with Gasteiger partial charge in [0.25, 0.3) is 0 Å². The summed E-state index contributed by atoms with van der Waals surface area (Å²) in [6.45, 7) is 4.81. The van der Waals surface area contributed by atoms with Crippen molar-refractivity contribution in [2.75, 3.05) is 0 Å². The minimum atomic E-state index is -0.759. The van der Waals surface area contributed by atoms with E-state index in [0.717, 1.165) is 5.56 Å². The van der Waals surface area contributed by atoms with Crippen LogP contribution >= 0.6 is 0 Å². The van der Waals surface area contributed by atoms with Crippen LogP contribution < -0.4 is 5.32 Å². The van der Waals surface area contributed by atoms with E-state index in [1.54, 1.807) is 26.0 Å². The minimum absolute atomic E-state index is 0.253. The third-order valence-electron chi connectivity index (χ3n) is 2.37. The summed E-state index contributed by atoms with van der Waals surface area (Å²) >= 11 is 0. The molecule has 104 valence electrons. The number of rotatable bonds is 5. The molecule has 0 bridgehead atoms. The van der Waals surface area contributed by atoms with Gasteiger partial charge in [-0.3, -0.25) is 4.79 Å². The minimum Gasteiger partial charge on any atom is -0.461 e. The molecule has 1 amide bonds. The number of halogens is 1. The highest BCUT2D eigenvalue weighted by atomic mass is 19.1. The summed E-state index contributed by atoms with van der Waals surface area (Å²) in [4.78, 5) is 23.0. The lowest BCUT2D eigenvalue weighted by molar-refractivity contribution is -0.151. The van der Waals surface area contributed by atoms with E-state index in [-0.39, 0.29) is 24.2 Å². The van der Waals surface area contributed by atoms with Gasteiger partial charge in [-0.15, -0.1) is 0 Å². The molecule has 1 atom stereocenters. The van der Waals surface area contributed by atoms with Gasteiger partial charge in [-0.05, 0) is 31.5 Å². The van der Waals surface area contributed by atoms with Gasteiger partial charge in [-0.2, -0.15) is 0 Å². The predicted molar refractivity (Wildman–Crippen MR) is 68.9 cm³/mol. The molecule has 1 aromatic rings. The van der Waals surface area contributed by atoms with Crippen LogP contribution in [-0.2, 0) is 20.7 Å². The topological polar surface area (TPSA) is 55.4 Å². The average Bonchev–Trinajstić information content (AvgIpc) is 2.29. The summed E-state index contributed by atoms with van der Waals surface area (Å²) < 4.78 is 17.9. The quantitative estimate of drug-likeness (QED) is 0.828. The molecule has 1 aromatic carbocycles. The van der Waals surface area contributed by atoms with Gasteiger partial charge < -0.3 is 10.1 Å². The van der Waals surface area contributed by atoms with Crippen LogP contribution in [-0.4, -0.2) is 24.0 Å². The lowest BCUT2D eigenvalue weighted by Gasteiger charge is -2.18. The molecule has 4 nitrogen and oxygen atoms in total. The Hall–Kier alpha value is -1.91. The molecule has 19 heavy (non-hydrogen) atoms. The fraction of sp³-hybridized carbons (Fsp3) is 0.429. The van der Waals surface area contributed by atoms with Crippen LogP contribution in [0.1, 0.15) is 26.3 Å². The van der Waals surface area contributed by atoms with Crippen molar-refractivity contribution in [3.05, 3.63) is 35.6 Å². The second-order valence-corrected chi connectivity index (χ2v) is 4.57. The number of nitrogens with one attached hydrogen (secondary N) is 1. The fourth-order valence-corrected chi connectivity index (χ4v) is 1.61. The van der Waals surface area contributed by atoms with E-state index in [1.807, 2.05) is 0 Å². The third-order valence-corrected chi connectivity index (χ3v) is 2.37. The van der Waals surface area contributed by atoms with E-state index in [9.17, 15) is 14.0 Å². The summed E-state index contributed by atoms with van der Waals surface area (Å²) in [5, 5.41) is 2.54. The molecule has 1 unspecified atom stereocenters. The number of carbonyl (C=O) groups excluding carboxylic acids is 2. The summed E-state index contributed by atoms with van der Waals surface area (Å²) in [6, 6.07) is 5.02. The number of ether oxygens (including phenoxy) is 1. The molecular weight excluding hydrogens is 249 g/mol. The second kappa shape index (κ2) is 6.87. The van der Waals surface area contributed by atoms with Crippen LogP contribution in [0.15, 0.2) is 24.3 Å². The van der Waals surface area contributed by atoms with E-state index in [2.05, 4.69) is 5.32 Å². The molecule has 0 radical (unpaired) electrons. The van der Waals surface area contributed by atoms with E-state index in [4.69, 9.17) is 4.74 Å². The first-order valence-electron chi connectivity index (χ1n) is 6.10. The summed E-state index contributed by atoms with van der Waals surface area (Å²) in [5.41, 5.74) is 0.751. The Morgan fingerprint density at radius 1 is 1.26 bits per heavy atom. The highest BCUT2D eigenvalue weighted by molar-refractivity contribution is 5.83. The molecule has 0 aromatic heterocycles. The molecule has 0 aliphatic heterocycles. The predicted octanol–water partition coefficient (Wildman–Crippen LogP) is 1.82. The molecule has 0 spiro atoms. The van der Waals surface area contributed by atoms with Gasteiger partial charge in [0.2, 0.25) is 5.91 Å². The van der Waals surface area contributed by atoms with Crippen molar-refractivity contribution >= 4 is 11.9 Å². The van der Waals surface area contributed by atoms with Crippen LogP contribution in [0, 0.1) is 5.82 Å². The van der Waals surface area contributed by atoms with Gasteiger partial charge in [0.15, 0.2) is 0 Å². The third kappa shape index (κ3) is 5.50. The highest BCUT2D eigenvalue weighted by Gasteiger charge is 2.22. The van der Waals surface area contributed by atoms with Crippen molar-refractivity contribution in [2.45, 2.75) is 39.3 Å². The van der Waals surface area contributed by atoms with Crippen LogP contribution in [0.2, 0.25) is 0 Å².